The van der Waals surface area contributed by atoms with Crippen molar-refractivity contribution in [3.8, 4) is 0 Å². The van der Waals surface area contributed by atoms with Gasteiger partial charge in [-0.15, -0.1) is 0 Å². The number of fused-ring (bicyclic) bond motifs is 1. The third kappa shape index (κ3) is 4.23. The first-order chi connectivity index (χ1) is 12.0. The summed E-state index contributed by atoms with van der Waals surface area (Å²) in [5.41, 5.74) is 1.63. The van der Waals surface area contributed by atoms with Gasteiger partial charge >= 0.3 is 5.97 Å². The predicted molar refractivity (Wildman–Crippen MR) is 94.9 cm³/mol. The van der Waals surface area contributed by atoms with E-state index in [1.54, 1.807) is 24.3 Å². The van der Waals surface area contributed by atoms with Gasteiger partial charge in [-0.1, -0.05) is 29.3 Å². The minimum absolute atomic E-state index is 0.240. The van der Waals surface area contributed by atoms with Gasteiger partial charge in [0.15, 0.2) is 6.61 Å². The van der Waals surface area contributed by atoms with Gasteiger partial charge in [0, 0.05) is 28.1 Å². The van der Waals surface area contributed by atoms with Gasteiger partial charge in [-0.25, -0.2) is 4.79 Å². The largest absolute Gasteiger partial charge is 0.452 e. The maximum absolute atomic E-state index is 12.2. The molecular formula is C17H11Cl2N3O3. The zero-order valence-corrected chi connectivity index (χ0v) is 14.2. The Kier molecular flexibility index (Phi) is 5.11. The molecule has 3 rings (SSSR count). The number of carbonyl (C=O) groups excluding carboxylic acids is 2. The number of anilines is 1. The van der Waals surface area contributed by atoms with Crippen LogP contribution in [-0.4, -0.2) is 28.5 Å². The van der Waals surface area contributed by atoms with Crippen molar-refractivity contribution in [2.45, 2.75) is 0 Å². The predicted octanol–water partition coefficient (Wildman–Crippen LogP) is 3.73. The smallest absolute Gasteiger partial charge is 0.340 e. The van der Waals surface area contributed by atoms with E-state index < -0.39 is 18.5 Å². The van der Waals surface area contributed by atoms with Crippen LogP contribution in [0.25, 0.3) is 11.0 Å². The van der Waals surface area contributed by atoms with Crippen LogP contribution in [0, 0.1) is 0 Å². The number of hydrogen-bond donors (Lipinski definition) is 1. The van der Waals surface area contributed by atoms with Crippen molar-refractivity contribution < 1.29 is 14.3 Å². The van der Waals surface area contributed by atoms with Crippen LogP contribution in [0.15, 0.2) is 48.8 Å². The Labute approximate surface area is 152 Å². The Morgan fingerprint density at radius 3 is 2.52 bits per heavy atom. The number of benzene rings is 2. The lowest BCUT2D eigenvalue weighted by molar-refractivity contribution is -0.119. The average molecular weight is 376 g/mol. The monoisotopic (exact) mass is 375 g/mol. The van der Waals surface area contributed by atoms with Crippen molar-refractivity contribution in [2.24, 2.45) is 0 Å². The Balaban J connectivity index is 1.66. The third-order valence-corrected chi connectivity index (χ3v) is 3.64. The number of nitrogens with one attached hydrogen (secondary N) is 1. The number of carbonyl (C=O) groups is 2. The standard InChI is InChI=1S/C17H11Cl2N3O3/c18-10-6-11(19)8-12(7-10)22-15(23)9-25-17(24)13-2-1-3-14-16(13)21-5-4-20-14/h1-8H,9H2,(H,22,23). The van der Waals surface area contributed by atoms with Gasteiger partial charge in [0.25, 0.3) is 5.91 Å². The van der Waals surface area contributed by atoms with Crippen LogP contribution in [0.5, 0.6) is 0 Å². The number of amides is 1. The highest BCUT2D eigenvalue weighted by atomic mass is 35.5. The average Bonchev–Trinajstić information content (AvgIpc) is 2.58. The number of hydrogen-bond acceptors (Lipinski definition) is 5. The first-order valence-corrected chi connectivity index (χ1v) is 7.91. The SMILES string of the molecule is O=C(COC(=O)c1cccc2nccnc12)Nc1cc(Cl)cc(Cl)c1. The van der Waals surface area contributed by atoms with Crippen molar-refractivity contribution in [3.63, 3.8) is 0 Å². The molecule has 0 unspecified atom stereocenters. The van der Waals surface area contributed by atoms with E-state index in [0.717, 1.165) is 0 Å². The number of rotatable bonds is 4. The fourth-order valence-electron chi connectivity index (χ4n) is 2.19. The summed E-state index contributed by atoms with van der Waals surface area (Å²) in [6.45, 7) is -0.459. The highest BCUT2D eigenvalue weighted by molar-refractivity contribution is 6.35. The Morgan fingerprint density at radius 1 is 1.04 bits per heavy atom. The van der Waals surface area contributed by atoms with Gasteiger partial charge in [0.2, 0.25) is 0 Å². The summed E-state index contributed by atoms with van der Waals surface area (Å²) < 4.78 is 5.05. The summed E-state index contributed by atoms with van der Waals surface area (Å²) in [6, 6.07) is 9.57. The second-order valence-electron chi connectivity index (χ2n) is 5.01. The molecule has 0 radical (unpaired) electrons. The molecule has 0 aliphatic heterocycles. The Bertz CT molecular complexity index is 937. The number of aromatic nitrogens is 2. The van der Waals surface area contributed by atoms with Gasteiger partial charge in [0.1, 0.15) is 5.52 Å². The zero-order chi connectivity index (χ0) is 17.8. The summed E-state index contributed by atoms with van der Waals surface area (Å²) >= 11 is 11.7. The van der Waals surface area contributed by atoms with Crippen molar-refractivity contribution in [1.82, 2.24) is 9.97 Å². The molecule has 8 heteroatoms. The van der Waals surface area contributed by atoms with Crippen LogP contribution in [0.2, 0.25) is 10.0 Å². The maximum Gasteiger partial charge on any atom is 0.340 e. The minimum Gasteiger partial charge on any atom is -0.452 e. The summed E-state index contributed by atoms with van der Waals surface area (Å²) in [4.78, 5) is 32.4. The summed E-state index contributed by atoms with van der Waals surface area (Å²) in [6.07, 6.45) is 3.01. The zero-order valence-electron chi connectivity index (χ0n) is 12.7. The van der Waals surface area contributed by atoms with Crippen molar-refractivity contribution in [2.75, 3.05) is 11.9 Å². The van der Waals surface area contributed by atoms with E-state index in [1.165, 1.54) is 24.5 Å². The first-order valence-electron chi connectivity index (χ1n) is 7.16. The number of esters is 1. The quantitative estimate of drug-likeness (QED) is 0.702. The van der Waals surface area contributed by atoms with E-state index in [1.807, 2.05) is 0 Å². The van der Waals surface area contributed by atoms with E-state index in [-0.39, 0.29) is 5.56 Å². The van der Waals surface area contributed by atoms with Crippen molar-refractivity contribution in [1.29, 1.82) is 0 Å². The molecule has 126 valence electrons. The highest BCUT2D eigenvalue weighted by Crippen LogP contribution is 2.22. The molecule has 1 N–H and O–H groups in total. The van der Waals surface area contributed by atoms with E-state index in [9.17, 15) is 9.59 Å². The topological polar surface area (TPSA) is 81.2 Å². The van der Waals surface area contributed by atoms with Crippen molar-refractivity contribution in [3.05, 3.63) is 64.4 Å². The number of halogens is 2. The lowest BCUT2D eigenvalue weighted by atomic mass is 10.2. The fourth-order valence-corrected chi connectivity index (χ4v) is 2.72. The van der Waals surface area contributed by atoms with Crippen LogP contribution in [-0.2, 0) is 9.53 Å². The molecule has 0 atom stereocenters. The summed E-state index contributed by atoms with van der Waals surface area (Å²) in [5, 5.41) is 3.32. The van der Waals surface area contributed by atoms with E-state index in [0.29, 0.717) is 26.8 Å². The number of ether oxygens (including phenoxy) is 1. The van der Waals surface area contributed by atoms with E-state index in [4.69, 9.17) is 27.9 Å². The molecule has 0 fully saturated rings. The van der Waals surface area contributed by atoms with Crippen LogP contribution < -0.4 is 5.32 Å². The van der Waals surface area contributed by atoms with Crippen LogP contribution in [0.4, 0.5) is 5.69 Å². The second kappa shape index (κ2) is 7.46. The molecule has 6 nitrogen and oxygen atoms in total. The van der Waals surface area contributed by atoms with Gasteiger partial charge in [-0.3, -0.25) is 14.8 Å². The number of para-hydroxylation sites is 1. The summed E-state index contributed by atoms with van der Waals surface area (Å²) in [5.74, 6) is -1.18. The summed E-state index contributed by atoms with van der Waals surface area (Å²) in [7, 11) is 0. The minimum atomic E-state index is -0.662. The third-order valence-electron chi connectivity index (χ3n) is 3.20. The van der Waals surface area contributed by atoms with E-state index >= 15 is 0 Å². The molecule has 0 aliphatic rings. The molecule has 1 heterocycles. The maximum atomic E-state index is 12.2. The molecule has 25 heavy (non-hydrogen) atoms. The van der Waals surface area contributed by atoms with Gasteiger partial charge < -0.3 is 10.1 Å². The van der Waals surface area contributed by atoms with Crippen LogP contribution in [0.1, 0.15) is 10.4 Å². The molecule has 2 aromatic carbocycles. The molecule has 0 bridgehead atoms. The molecule has 3 aromatic rings. The molecule has 1 aromatic heterocycles. The molecular weight excluding hydrogens is 365 g/mol. The first kappa shape index (κ1) is 17.1. The second-order valence-corrected chi connectivity index (χ2v) is 5.88. The van der Waals surface area contributed by atoms with E-state index in [2.05, 4.69) is 15.3 Å². The van der Waals surface area contributed by atoms with Crippen LogP contribution >= 0.6 is 23.2 Å². The molecule has 0 aliphatic carbocycles. The number of nitrogens with zero attached hydrogens (tertiary/aromatic N) is 2. The normalized spacial score (nSPS) is 10.5. The molecule has 0 spiro atoms. The Morgan fingerprint density at radius 2 is 1.76 bits per heavy atom. The van der Waals surface area contributed by atoms with Crippen molar-refractivity contribution >= 4 is 51.8 Å². The van der Waals surface area contributed by atoms with Gasteiger partial charge in [-0.05, 0) is 30.3 Å². The highest BCUT2D eigenvalue weighted by Gasteiger charge is 2.15. The molecule has 1 amide bonds. The van der Waals surface area contributed by atoms with Gasteiger partial charge in [-0.2, -0.15) is 0 Å². The molecule has 0 saturated heterocycles. The van der Waals surface area contributed by atoms with Crippen LogP contribution in [0.3, 0.4) is 0 Å². The fraction of sp³-hybridized carbons (Fsp3) is 0.0588. The lowest BCUT2D eigenvalue weighted by Crippen LogP contribution is -2.21. The molecule has 0 saturated carbocycles. The Hall–Kier alpha value is -2.70. The lowest BCUT2D eigenvalue weighted by Gasteiger charge is -2.08. The van der Waals surface area contributed by atoms with Gasteiger partial charge in [0.05, 0.1) is 11.1 Å².